The van der Waals surface area contributed by atoms with Crippen molar-refractivity contribution in [3.8, 4) is 0 Å². The molecule has 10 radical (unpaired) electrons. The second-order valence-electron chi connectivity index (χ2n) is 1.39. The summed E-state index contributed by atoms with van der Waals surface area (Å²) in [6.45, 7) is 7.75. The van der Waals surface area contributed by atoms with Gasteiger partial charge in [0.1, 0.15) is 0 Å². The number of hydrogen-bond acceptors (Lipinski definition) is 0. The van der Waals surface area contributed by atoms with E-state index in [9.17, 15) is 0 Å². The molecule has 0 fully saturated rings. The zero-order chi connectivity index (χ0) is 3.58. The molecule has 0 amide bonds. The van der Waals surface area contributed by atoms with Gasteiger partial charge in [0.25, 0.3) is 0 Å². The monoisotopic (exact) mass is 946 g/mol. The molecular weight excluding hydrogens is 937 g/mol. The van der Waals surface area contributed by atoms with Gasteiger partial charge in [-0.1, -0.05) is 13.8 Å². The second-order valence-corrected chi connectivity index (χ2v) is 1.39. The quantitative estimate of drug-likeness (QED) is 0.324. The molecule has 0 aromatic rings. The van der Waals surface area contributed by atoms with E-state index in [4.69, 9.17) is 0 Å². The van der Waals surface area contributed by atoms with Gasteiger partial charge in [-0.3, -0.25) is 0 Å². The Balaban J connectivity index is -0.000000001000. The van der Waals surface area contributed by atoms with Gasteiger partial charge < -0.3 is 6.92 Å². The summed E-state index contributed by atoms with van der Waals surface area (Å²) in [5.74, 6) is 0.583. The molecule has 10 heteroatoms. The predicted molar refractivity (Wildman–Crippen MR) is 20.2 cm³/mol. The van der Waals surface area contributed by atoms with Crippen molar-refractivity contribution in [2.24, 2.45) is 5.92 Å². The first-order valence-corrected chi connectivity index (χ1v) is 1.56. The fraction of sp³-hybridized carbons (Fsp3) is 0.750. The molecule has 14 heavy (non-hydrogen) atoms. The molecule has 0 aromatic carbocycles. The third-order valence-electron chi connectivity index (χ3n) is 0. The van der Waals surface area contributed by atoms with Crippen LogP contribution in [0.3, 0.4) is 0 Å². The largest absolute Gasteiger partial charge is 0.341 e. The van der Waals surface area contributed by atoms with Gasteiger partial charge in [0, 0.05) is 327 Å². The van der Waals surface area contributed by atoms with E-state index in [2.05, 4.69) is 20.8 Å². The molecule has 0 nitrogen and oxygen atoms in total. The molecule has 0 aliphatic heterocycles. The van der Waals surface area contributed by atoms with Crippen LogP contribution in [0.1, 0.15) is 13.8 Å². The molecule has 0 saturated heterocycles. The predicted octanol–water partition coefficient (Wildman–Crippen LogP) is 1.45. The molecule has 0 aliphatic carbocycles. The minimum absolute atomic E-state index is 0. The SMILES string of the molecule is [CH2-]C(C)C.[Y].[Y].[Y].[Y].[Y].[Y].[Y].[Y].[Y].[Y]. The molecule has 0 saturated carbocycles. The molecule has 0 spiro atoms. The Morgan fingerprint density at radius 3 is 0.500 bits per heavy atom. The van der Waals surface area contributed by atoms with Crippen molar-refractivity contribution in [3.05, 3.63) is 6.92 Å². The smallest absolute Gasteiger partial charge is 0 e. The number of hydrogen-bond donors (Lipinski definition) is 0. The summed E-state index contributed by atoms with van der Waals surface area (Å²) in [6.07, 6.45) is 0. The van der Waals surface area contributed by atoms with Gasteiger partial charge in [0.2, 0.25) is 0 Å². The maximum Gasteiger partial charge on any atom is 0 e. The van der Waals surface area contributed by atoms with E-state index in [0.29, 0.717) is 5.92 Å². The van der Waals surface area contributed by atoms with Gasteiger partial charge in [0.15, 0.2) is 0 Å². The van der Waals surface area contributed by atoms with Gasteiger partial charge in [0.05, 0.1) is 0 Å². The summed E-state index contributed by atoms with van der Waals surface area (Å²) in [6, 6.07) is 0. The van der Waals surface area contributed by atoms with Crippen molar-refractivity contribution in [2.45, 2.75) is 13.8 Å². The van der Waals surface area contributed by atoms with Gasteiger partial charge >= 0.3 is 0 Å². The Labute approximate surface area is 342 Å². The molecule has 56 valence electrons. The summed E-state index contributed by atoms with van der Waals surface area (Å²) >= 11 is 0. The number of rotatable bonds is 0. The van der Waals surface area contributed by atoms with Gasteiger partial charge in [-0.25, -0.2) is 0 Å². The van der Waals surface area contributed by atoms with Crippen LogP contribution in [0.2, 0.25) is 0 Å². The third-order valence-corrected chi connectivity index (χ3v) is 0. The average Bonchev–Trinajstić information content (AvgIpc) is 0.811. The van der Waals surface area contributed by atoms with Crippen LogP contribution in [0.5, 0.6) is 0 Å². The molecule has 0 bridgehead atoms. The Morgan fingerprint density at radius 1 is 0.500 bits per heavy atom. The van der Waals surface area contributed by atoms with Crippen LogP contribution in [0.25, 0.3) is 0 Å². The van der Waals surface area contributed by atoms with Crippen LogP contribution in [0, 0.1) is 12.8 Å². The van der Waals surface area contributed by atoms with E-state index in [1.807, 2.05) is 0 Å². The van der Waals surface area contributed by atoms with Crippen LogP contribution in [-0.4, -0.2) is 0 Å². The Kier molecular flexibility index (Phi) is 339. The second kappa shape index (κ2) is 64.7. The van der Waals surface area contributed by atoms with E-state index < -0.39 is 0 Å². The Morgan fingerprint density at radius 2 is 0.500 bits per heavy atom. The zero-order valence-corrected chi connectivity index (χ0v) is 37.4. The normalized spacial score (nSPS) is 2.57. The first-order chi connectivity index (χ1) is 1.73. The Hall–Kier alpha value is 11.0. The molecule has 0 rings (SSSR count). The third kappa shape index (κ3) is 91.8. The van der Waals surface area contributed by atoms with Crippen molar-refractivity contribution in [1.29, 1.82) is 0 Å². The average molecular weight is 946 g/mol. The van der Waals surface area contributed by atoms with Crippen molar-refractivity contribution in [2.75, 3.05) is 0 Å². The fourth-order valence-corrected chi connectivity index (χ4v) is 0. The van der Waals surface area contributed by atoms with E-state index in [1.165, 1.54) is 0 Å². The van der Waals surface area contributed by atoms with Crippen molar-refractivity contribution in [1.82, 2.24) is 0 Å². The van der Waals surface area contributed by atoms with Gasteiger partial charge in [-0.05, 0) is 0 Å². The van der Waals surface area contributed by atoms with Crippen LogP contribution in [0.4, 0.5) is 0 Å². The minimum Gasteiger partial charge on any atom is -0.341 e. The summed E-state index contributed by atoms with van der Waals surface area (Å²) in [4.78, 5) is 0. The zero-order valence-electron chi connectivity index (χ0n) is 9.06. The summed E-state index contributed by atoms with van der Waals surface area (Å²) in [5, 5.41) is 0. The minimum atomic E-state index is 0. The maximum absolute atomic E-state index is 3.64. The standard InChI is InChI=1S/C4H9.10Y/c1-4(2)3;;;;;;;;;;/h4H,1H2,2-3H3;;;;;;;;;;/q-1;;;;;;;;;;. The van der Waals surface area contributed by atoms with Crippen molar-refractivity contribution >= 4 is 0 Å². The summed E-state index contributed by atoms with van der Waals surface area (Å²) < 4.78 is 0. The summed E-state index contributed by atoms with van der Waals surface area (Å²) in [7, 11) is 0. The topological polar surface area (TPSA) is 0 Å². The molecule has 0 aromatic heterocycles. The molecule has 0 aliphatic rings. The molecular formula is C4H9Y10-. The summed E-state index contributed by atoms with van der Waals surface area (Å²) in [5.41, 5.74) is 0. The van der Waals surface area contributed by atoms with Crippen molar-refractivity contribution < 1.29 is 327 Å². The van der Waals surface area contributed by atoms with Crippen LogP contribution in [0.15, 0.2) is 0 Å². The first-order valence-electron chi connectivity index (χ1n) is 1.56. The van der Waals surface area contributed by atoms with E-state index in [-0.39, 0.29) is 327 Å². The van der Waals surface area contributed by atoms with Crippen molar-refractivity contribution in [3.63, 3.8) is 0 Å². The first kappa shape index (κ1) is 73.4. The maximum atomic E-state index is 3.64. The fourth-order valence-electron chi connectivity index (χ4n) is 0. The van der Waals surface area contributed by atoms with E-state index >= 15 is 0 Å². The Bertz CT molecular complexity index is 16.8. The van der Waals surface area contributed by atoms with E-state index in [0.717, 1.165) is 0 Å². The van der Waals surface area contributed by atoms with Crippen LogP contribution < -0.4 is 0 Å². The van der Waals surface area contributed by atoms with Gasteiger partial charge in [-0.2, -0.15) is 5.92 Å². The molecule has 0 atom stereocenters. The van der Waals surface area contributed by atoms with Crippen LogP contribution in [-0.2, 0) is 327 Å². The van der Waals surface area contributed by atoms with Gasteiger partial charge in [-0.15, -0.1) is 0 Å². The molecule has 0 unspecified atom stereocenters. The van der Waals surface area contributed by atoms with E-state index in [1.54, 1.807) is 0 Å². The molecule has 0 heterocycles. The molecule has 0 N–H and O–H groups in total. The van der Waals surface area contributed by atoms with Crippen LogP contribution >= 0.6 is 0 Å².